The minimum Gasteiger partial charge on any atom is -0.493 e. The molecule has 0 aliphatic carbocycles. The van der Waals surface area contributed by atoms with Gasteiger partial charge in [0.1, 0.15) is 0 Å². The van der Waals surface area contributed by atoms with Crippen molar-refractivity contribution < 1.29 is 27.2 Å². The number of aromatic nitrogens is 1. The predicted molar refractivity (Wildman–Crippen MR) is 107 cm³/mol. The van der Waals surface area contributed by atoms with Gasteiger partial charge in [-0.05, 0) is 24.3 Å². The fourth-order valence-corrected chi connectivity index (χ4v) is 3.99. The van der Waals surface area contributed by atoms with E-state index >= 15 is 0 Å². The molecule has 0 fully saturated rings. The molecule has 0 spiro atoms. The third-order valence-corrected chi connectivity index (χ3v) is 6.16. The van der Waals surface area contributed by atoms with Crippen LogP contribution in [0.2, 0.25) is 0 Å². The summed E-state index contributed by atoms with van der Waals surface area (Å²) in [4.78, 5) is 0.218. The molecule has 0 aliphatic rings. The van der Waals surface area contributed by atoms with Crippen molar-refractivity contribution >= 4 is 10.0 Å². The molecule has 0 saturated carbocycles. The maximum Gasteiger partial charge on any atom is 0.243 e. The molecule has 0 radical (unpaired) electrons. The van der Waals surface area contributed by atoms with E-state index < -0.39 is 10.0 Å². The summed E-state index contributed by atoms with van der Waals surface area (Å²) in [7, 11) is 2.44. The van der Waals surface area contributed by atoms with Crippen LogP contribution in [0.25, 0.3) is 11.3 Å². The highest BCUT2D eigenvalue weighted by molar-refractivity contribution is 7.89. The fourth-order valence-electron chi connectivity index (χ4n) is 2.83. The van der Waals surface area contributed by atoms with Crippen LogP contribution in [-0.4, -0.2) is 46.3 Å². The zero-order chi connectivity index (χ0) is 21.0. The zero-order valence-electron chi connectivity index (χ0n) is 16.6. The topological polar surface area (TPSA) is 91.1 Å². The first kappa shape index (κ1) is 20.7. The van der Waals surface area contributed by atoms with Crippen molar-refractivity contribution in [3.63, 3.8) is 0 Å². The third-order valence-electron chi connectivity index (χ3n) is 4.34. The lowest BCUT2D eigenvalue weighted by Gasteiger charge is -2.15. The lowest BCUT2D eigenvalue weighted by Crippen LogP contribution is -2.26. The second kappa shape index (κ2) is 8.54. The molecule has 0 N–H and O–H groups in total. The van der Waals surface area contributed by atoms with E-state index in [2.05, 4.69) is 5.16 Å². The summed E-state index contributed by atoms with van der Waals surface area (Å²) in [5.41, 5.74) is 1.13. The first-order valence-corrected chi connectivity index (χ1v) is 10.1. The number of nitrogens with zero attached hydrogens (tertiary/aromatic N) is 2. The molecule has 2 aromatic carbocycles. The van der Waals surface area contributed by atoms with E-state index in [0.717, 1.165) is 0 Å². The van der Waals surface area contributed by atoms with Gasteiger partial charge in [-0.3, -0.25) is 0 Å². The lowest BCUT2D eigenvalue weighted by molar-refractivity contribution is 0.324. The number of rotatable bonds is 8. The molecule has 0 bridgehead atoms. The Morgan fingerprint density at radius 1 is 0.966 bits per heavy atom. The Bertz CT molecular complexity index is 1050. The summed E-state index contributed by atoms with van der Waals surface area (Å²) in [6.45, 7) is 0.0607. The van der Waals surface area contributed by atoms with Gasteiger partial charge < -0.3 is 18.7 Å². The van der Waals surface area contributed by atoms with Crippen molar-refractivity contribution in [2.75, 3.05) is 28.4 Å². The highest BCUT2D eigenvalue weighted by Gasteiger charge is 2.22. The summed E-state index contributed by atoms with van der Waals surface area (Å²) < 4.78 is 48.0. The highest BCUT2D eigenvalue weighted by atomic mass is 32.2. The average molecular weight is 418 g/mol. The van der Waals surface area contributed by atoms with E-state index in [9.17, 15) is 8.42 Å². The van der Waals surface area contributed by atoms with Gasteiger partial charge in [-0.2, -0.15) is 4.31 Å². The molecule has 8 nitrogen and oxygen atoms in total. The van der Waals surface area contributed by atoms with Crippen LogP contribution in [0.4, 0.5) is 0 Å². The van der Waals surface area contributed by atoms with Gasteiger partial charge in [0.2, 0.25) is 15.8 Å². The Hall–Kier alpha value is -3.04. The van der Waals surface area contributed by atoms with Gasteiger partial charge in [0.25, 0.3) is 0 Å². The average Bonchev–Trinajstić information content (AvgIpc) is 3.21. The van der Waals surface area contributed by atoms with E-state index in [4.69, 9.17) is 18.7 Å². The molecule has 154 valence electrons. The maximum atomic E-state index is 12.7. The van der Waals surface area contributed by atoms with Gasteiger partial charge >= 0.3 is 0 Å². The van der Waals surface area contributed by atoms with Crippen molar-refractivity contribution in [3.05, 3.63) is 54.2 Å². The summed E-state index contributed by atoms with van der Waals surface area (Å²) >= 11 is 0. The number of ether oxygens (including phenoxy) is 3. The van der Waals surface area contributed by atoms with E-state index in [1.54, 1.807) is 48.5 Å². The zero-order valence-corrected chi connectivity index (χ0v) is 17.4. The minimum atomic E-state index is -3.63. The van der Waals surface area contributed by atoms with Crippen molar-refractivity contribution in [3.8, 4) is 28.6 Å². The van der Waals surface area contributed by atoms with Crippen LogP contribution in [0.3, 0.4) is 0 Å². The van der Waals surface area contributed by atoms with E-state index in [-0.39, 0.29) is 11.4 Å². The Labute approximate surface area is 169 Å². The summed E-state index contributed by atoms with van der Waals surface area (Å²) in [6, 6.07) is 13.4. The number of methoxy groups -OCH3 is 3. The van der Waals surface area contributed by atoms with Crippen LogP contribution >= 0.6 is 0 Å². The largest absolute Gasteiger partial charge is 0.493 e. The van der Waals surface area contributed by atoms with E-state index in [0.29, 0.717) is 34.3 Å². The van der Waals surface area contributed by atoms with Crippen molar-refractivity contribution in [2.24, 2.45) is 0 Å². The van der Waals surface area contributed by atoms with Crippen LogP contribution in [0, 0.1) is 0 Å². The molecule has 0 aliphatic heterocycles. The molecular weight excluding hydrogens is 396 g/mol. The summed E-state index contributed by atoms with van der Waals surface area (Å²) in [5, 5.41) is 4.00. The Morgan fingerprint density at radius 3 is 2.14 bits per heavy atom. The first-order chi connectivity index (χ1) is 13.9. The first-order valence-electron chi connectivity index (χ1n) is 8.68. The number of hydrogen-bond acceptors (Lipinski definition) is 7. The van der Waals surface area contributed by atoms with Gasteiger partial charge in [-0.1, -0.05) is 23.4 Å². The van der Waals surface area contributed by atoms with Crippen LogP contribution in [0.1, 0.15) is 5.69 Å². The second-order valence-corrected chi connectivity index (χ2v) is 8.22. The monoisotopic (exact) mass is 418 g/mol. The SMILES string of the molecule is COc1cc(-c2cc(CN(C)S(=O)(=O)c3ccccc3)no2)cc(OC)c1OC. The van der Waals surface area contributed by atoms with Gasteiger partial charge in [0.15, 0.2) is 17.3 Å². The van der Waals surface area contributed by atoms with E-state index in [1.807, 2.05) is 0 Å². The van der Waals surface area contributed by atoms with Crippen molar-refractivity contribution in [1.29, 1.82) is 0 Å². The molecule has 9 heteroatoms. The molecular formula is C20H22N2O6S. The van der Waals surface area contributed by atoms with Gasteiger partial charge in [-0.25, -0.2) is 8.42 Å². The highest BCUT2D eigenvalue weighted by Crippen LogP contribution is 2.41. The lowest BCUT2D eigenvalue weighted by atomic mass is 10.1. The Kier molecular flexibility index (Phi) is 6.09. The van der Waals surface area contributed by atoms with Crippen molar-refractivity contribution in [1.82, 2.24) is 9.46 Å². The van der Waals surface area contributed by atoms with Gasteiger partial charge in [0, 0.05) is 18.7 Å². The van der Waals surface area contributed by atoms with Gasteiger partial charge in [0.05, 0.1) is 38.5 Å². The quantitative estimate of drug-likeness (QED) is 0.555. The molecule has 0 unspecified atom stereocenters. The van der Waals surface area contributed by atoms with Crippen LogP contribution < -0.4 is 14.2 Å². The standard InChI is InChI=1S/C20H22N2O6S/c1-22(29(23,24)16-8-6-5-7-9-16)13-15-12-17(28-21-15)14-10-18(25-2)20(27-4)19(11-14)26-3/h5-12H,13H2,1-4H3. The van der Waals surface area contributed by atoms with Crippen LogP contribution in [-0.2, 0) is 16.6 Å². The van der Waals surface area contributed by atoms with E-state index in [1.165, 1.54) is 32.7 Å². The van der Waals surface area contributed by atoms with Crippen LogP contribution in [0.15, 0.2) is 57.9 Å². The van der Waals surface area contributed by atoms with Crippen molar-refractivity contribution in [2.45, 2.75) is 11.4 Å². The number of sulfonamides is 1. The Balaban J connectivity index is 1.86. The molecule has 29 heavy (non-hydrogen) atoms. The fraction of sp³-hybridized carbons (Fsp3) is 0.250. The summed E-state index contributed by atoms with van der Waals surface area (Å²) in [5.74, 6) is 1.86. The molecule has 0 amide bonds. The number of hydrogen-bond donors (Lipinski definition) is 0. The Morgan fingerprint density at radius 2 is 1.59 bits per heavy atom. The normalized spacial score (nSPS) is 11.5. The maximum absolute atomic E-state index is 12.7. The smallest absolute Gasteiger partial charge is 0.243 e. The van der Waals surface area contributed by atoms with Crippen LogP contribution in [0.5, 0.6) is 17.2 Å². The molecule has 0 atom stereocenters. The molecule has 1 heterocycles. The molecule has 1 aromatic heterocycles. The second-order valence-electron chi connectivity index (χ2n) is 6.17. The van der Waals surface area contributed by atoms with Gasteiger partial charge in [-0.15, -0.1) is 0 Å². The molecule has 3 aromatic rings. The minimum absolute atomic E-state index is 0.0607. The molecule has 0 saturated heterocycles. The molecule has 3 rings (SSSR count). The predicted octanol–water partition coefficient (Wildman–Crippen LogP) is 3.19. The third kappa shape index (κ3) is 4.20. The summed E-state index contributed by atoms with van der Waals surface area (Å²) in [6.07, 6.45) is 0. The number of benzene rings is 2.